The van der Waals surface area contributed by atoms with E-state index in [2.05, 4.69) is 26.7 Å². The highest BCUT2D eigenvalue weighted by atomic mass is 32.2. The molecule has 3 heterocycles. The lowest BCUT2D eigenvalue weighted by Gasteiger charge is -2.33. The summed E-state index contributed by atoms with van der Waals surface area (Å²) in [6.07, 6.45) is 4.62. The molecule has 1 saturated heterocycles. The van der Waals surface area contributed by atoms with Crippen molar-refractivity contribution >= 4 is 21.1 Å². The molecule has 1 aromatic carbocycles. The molecule has 30 heavy (non-hydrogen) atoms. The summed E-state index contributed by atoms with van der Waals surface area (Å²) in [7, 11) is -1.56. The Morgan fingerprint density at radius 1 is 1.17 bits per heavy atom. The fourth-order valence-electron chi connectivity index (χ4n) is 3.40. The first-order valence-corrected chi connectivity index (χ1v) is 11.3. The summed E-state index contributed by atoms with van der Waals surface area (Å²) in [6, 6.07) is 7.50. The molecule has 1 aliphatic rings. The Balaban J connectivity index is 1.58. The number of pyridine rings is 1. The number of oxazole rings is 1. The number of aromatic nitrogens is 2. The van der Waals surface area contributed by atoms with E-state index < -0.39 is 10.0 Å². The number of rotatable bonds is 4. The Morgan fingerprint density at radius 3 is 2.63 bits per heavy atom. The summed E-state index contributed by atoms with van der Waals surface area (Å²) in [5.41, 5.74) is 2.99. The Bertz CT molecular complexity index is 1200. The van der Waals surface area contributed by atoms with Gasteiger partial charge < -0.3 is 9.15 Å². The van der Waals surface area contributed by atoms with Crippen LogP contribution < -0.4 is 4.74 Å². The van der Waals surface area contributed by atoms with Gasteiger partial charge >= 0.3 is 0 Å². The minimum atomic E-state index is -3.15. The third-order valence-electron chi connectivity index (χ3n) is 4.98. The number of benzene rings is 1. The average Bonchev–Trinajstić information content (AvgIpc) is 3.18. The second kappa shape index (κ2) is 8.44. The molecule has 0 atom stereocenters. The van der Waals surface area contributed by atoms with Crippen LogP contribution in [0.4, 0.5) is 0 Å². The lowest BCUT2D eigenvalue weighted by Crippen LogP contribution is -2.47. The van der Waals surface area contributed by atoms with Crippen LogP contribution in [0, 0.1) is 11.8 Å². The average molecular weight is 426 g/mol. The molecule has 0 aliphatic carbocycles. The zero-order chi connectivity index (χ0) is 21.1. The highest BCUT2D eigenvalue weighted by Crippen LogP contribution is 2.29. The smallest absolute Gasteiger partial charge is 0.274 e. The molecule has 0 saturated carbocycles. The Labute approximate surface area is 175 Å². The van der Waals surface area contributed by atoms with Crippen molar-refractivity contribution in [1.82, 2.24) is 19.2 Å². The summed E-state index contributed by atoms with van der Waals surface area (Å²) < 4.78 is 36.3. The fraction of sp³-hybridized carbons (Fsp3) is 0.333. The van der Waals surface area contributed by atoms with Gasteiger partial charge in [0.1, 0.15) is 5.75 Å². The van der Waals surface area contributed by atoms with Crippen molar-refractivity contribution < 1.29 is 17.6 Å². The van der Waals surface area contributed by atoms with E-state index in [0.29, 0.717) is 55.5 Å². The van der Waals surface area contributed by atoms with Crippen LogP contribution in [-0.4, -0.2) is 67.1 Å². The molecule has 1 fully saturated rings. The summed E-state index contributed by atoms with van der Waals surface area (Å²) in [5, 5.41) is 0. The number of fused-ring (bicyclic) bond motifs is 1. The molecule has 0 bridgehead atoms. The molecule has 2 aromatic heterocycles. The molecular formula is C21H22N4O4S. The minimum Gasteiger partial charge on any atom is -0.494 e. The molecule has 8 nitrogen and oxygen atoms in total. The molecule has 4 rings (SSSR count). The second-order valence-corrected chi connectivity index (χ2v) is 9.04. The monoisotopic (exact) mass is 426 g/mol. The van der Waals surface area contributed by atoms with Crippen molar-refractivity contribution in [2.75, 3.05) is 39.5 Å². The maximum absolute atomic E-state index is 11.7. The van der Waals surface area contributed by atoms with E-state index in [1.165, 1.54) is 10.6 Å². The third-order valence-corrected chi connectivity index (χ3v) is 6.28. The van der Waals surface area contributed by atoms with Crippen molar-refractivity contribution in [3.05, 3.63) is 53.7 Å². The van der Waals surface area contributed by atoms with Gasteiger partial charge in [0.25, 0.3) is 5.89 Å². The number of methoxy groups -OCH3 is 1. The Hall–Kier alpha value is -2.93. The molecule has 3 aromatic rings. The van der Waals surface area contributed by atoms with Gasteiger partial charge in [-0.05, 0) is 24.1 Å². The van der Waals surface area contributed by atoms with Crippen LogP contribution in [0.2, 0.25) is 0 Å². The lowest BCUT2D eigenvalue weighted by molar-refractivity contribution is 0.182. The fourth-order valence-corrected chi connectivity index (χ4v) is 4.23. The topological polar surface area (TPSA) is 88.8 Å². The number of ether oxygens (including phenoxy) is 1. The number of piperazine rings is 1. The summed E-state index contributed by atoms with van der Waals surface area (Å²) in [5.74, 6) is 6.87. The first-order valence-electron chi connectivity index (χ1n) is 9.50. The van der Waals surface area contributed by atoms with Crippen LogP contribution in [0.5, 0.6) is 5.75 Å². The zero-order valence-corrected chi connectivity index (χ0v) is 17.6. The summed E-state index contributed by atoms with van der Waals surface area (Å²) in [4.78, 5) is 10.8. The Morgan fingerprint density at radius 2 is 1.97 bits per heavy atom. The first-order chi connectivity index (χ1) is 14.4. The standard InChI is InChI=1S/C21H22N4O4S/c1-28-18-7-6-17(15-24-10-12-25(13-11-24)30(2,26)27)21-20(18)23-19(29-21)8-5-16-4-3-9-22-14-16/h3-4,6-7,9,14H,10-13,15H2,1-2H3. The van der Waals surface area contributed by atoms with Crippen molar-refractivity contribution in [3.8, 4) is 17.6 Å². The highest BCUT2D eigenvalue weighted by molar-refractivity contribution is 7.88. The van der Waals surface area contributed by atoms with Crippen LogP contribution in [-0.2, 0) is 16.6 Å². The van der Waals surface area contributed by atoms with Crippen LogP contribution in [0.15, 0.2) is 41.1 Å². The molecule has 0 spiro atoms. The zero-order valence-electron chi connectivity index (χ0n) is 16.8. The number of nitrogens with zero attached hydrogens (tertiary/aromatic N) is 4. The predicted octanol–water partition coefficient (Wildman–Crippen LogP) is 1.71. The van der Waals surface area contributed by atoms with E-state index in [1.54, 1.807) is 19.5 Å². The maximum Gasteiger partial charge on any atom is 0.274 e. The van der Waals surface area contributed by atoms with Crippen molar-refractivity contribution in [3.63, 3.8) is 0 Å². The quantitative estimate of drug-likeness (QED) is 0.587. The van der Waals surface area contributed by atoms with Crippen molar-refractivity contribution in [2.24, 2.45) is 0 Å². The summed E-state index contributed by atoms with van der Waals surface area (Å²) >= 11 is 0. The predicted molar refractivity (Wildman–Crippen MR) is 112 cm³/mol. The second-order valence-electron chi connectivity index (χ2n) is 7.05. The van der Waals surface area contributed by atoms with Gasteiger partial charge in [0, 0.05) is 56.2 Å². The van der Waals surface area contributed by atoms with E-state index in [0.717, 1.165) is 11.1 Å². The molecule has 0 unspecified atom stereocenters. The van der Waals surface area contributed by atoms with Crippen molar-refractivity contribution in [2.45, 2.75) is 6.54 Å². The molecule has 1 aliphatic heterocycles. The van der Waals surface area contributed by atoms with Gasteiger partial charge in [-0.25, -0.2) is 8.42 Å². The van der Waals surface area contributed by atoms with Gasteiger partial charge in [-0.3, -0.25) is 9.88 Å². The normalized spacial score (nSPS) is 15.7. The van der Waals surface area contributed by atoms with Gasteiger partial charge in [-0.15, -0.1) is 0 Å². The van der Waals surface area contributed by atoms with E-state index in [9.17, 15) is 8.42 Å². The van der Waals surface area contributed by atoms with Gasteiger partial charge in [-0.2, -0.15) is 9.29 Å². The van der Waals surface area contributed by atoms with Gasteiger partial charge in [-0.1, -0.05) is 12.0 Å². The van der Waals surface area contributed by atoms with Gasteiger partial charge in [0.15, 0.2) is 11.1 Å². The van der Waals surface area contributed by atoms with Crippen molar-refractivity contribution in [1.29, 1.82) is 0 Å². The molecule has 9 heteroatoms. The van der Waals surface area contributed by atoms with Gasteiger partial charge in [0.2, 0.25) is 10.0 Å². The number of hydrogen-bond donors (Lipinski definition) is 0. The summed E-state index contributed by atoms with van der Waals surface area (Å²) in [6.45, 7) is 2.90. The highest BCUT2D eigenvalue weighted by Gasteiger charge is 2.24. The van der Waals surface area contributed by atoms with Gasteiger partial charge in [0.05, 0.1) is 13.4 Å². The van der Waals surface area contributed by atoms with E-state index in [1.807, 2.05) is 24.3 Å². The molecule has 156 valence electrons. The SMILES string of the molecule is COc1ccc(CN2CCN(S(C)(=O)=O)CC2)c2oc(C#Cc3cccnc3)nc12. The molecule has 0 N–H and O–H groups in total. The lowest BCUT2D eigenvalue weighted by atomic mass is 10.1. The first kappa shape index (κ1) is 20.3. The third kappa shape index (κ3) is 4.46. The largest absolute Gasteiger partial charge is 0.494 e. The molecule has 0 radical (unpaired) electrons. The number of hydrogen-bond acceptors (Lipinski definition) is 7. The molecular weight excluding hydrogens is 404 g/mol. The van der Waals surface area contributed by atoms with Crippen LogP contribution in [0.25, 0.3) is 11.1 Å². The van der Waals surface area contributed by atoms with E-state index in [4.69, 9.17) is 9.15 Å². The molecule has 0 amide bonds. The van der Waals surface area contributed by atoms with Crippen LogP contribution >= 0.6 is 0 Å². The maximum atomic E-state index is 11.7. The Kier molecular flexibility index (Phi) is 5.72. The van der Waals surface area contributed by atoms with Crippen LogP contribution in [0.1, 0.15) is 17.0 Å². The van der Waals surface area contributed by atoms with E-state index in [-0.39, 0.29) is 0 Å². The van der Waals surface area contributed by atoms with E-state index >= 15 is 0 Å². The van der Waals surface area contributed by atoms with Crippen LogP contribution in [0.3, 0.4) is 0 Å². The number of sulfonamides is 1. The minimum absolute atomic E-state index is 0.307.